The molecule has 9 nitrogen and oxygen atoms in total. The first-order chi connectivity index (χ1) is 11.0. The molecule has 0 bridgehead atoms. The Labute approximate surface area is 133 Å². The van der Waals surface area contributed by atoms with Gasteiger partial charge in [0.15, 0.2) is 5.69 Å². The summed E-state index contributed by atoms with van der Waals surface area (Å²) in [6, 6.07) is 0. The van der Waals surface area contributed by atoms with Crippen LogP contribution in [-0.4, -0.2) is 64.1 Å². The van der Waals surface area contributed by atoms with Gasteiger partial charge in [0.05, 0.1) is 6.61 Å². The number of carboxylic acids is 2. The molecule has 1 aliphatic heterocycles. The minimum Gasteiger partial charge on any atom is -0.474 e. The number of carboxylic acid groups (broad SMARTS) is 2. The molecule has 0 unspecified atom stereocenters. The molecule has 0 spiro atoms. The van der Waals surface area contributed by atoms with Crippen molar-refractivity contribution < 1.29 is 29.2 Å². The fourth-order valence-corrected chi connectivity index (χ4v) is 1.85. The molecule has 1 aromatic heterocycles. The van der Waals surface area contributed by atoms with Crippen LogP contribution in [0.25, 0.3) is 5.57 Å². The van der Waals surface area contributed by atoms with E-state index in [2.05, 4.69) is 35.3 Å². The second kappa shape index (κ2) is 9.57. The standard InChI is InChI=1S/C12H19N3O2.C2H2O4/c1-3-4-8-16-12-11(13-17-14-12)10-6-5-7-15(2)9-10;3-1(4)2(5)6/h6H,3-5,7-9H2,1-2H3;(H,3,4)(H,5,6). The number of ether oxygens (including phenoxy) is 1. The molecule has 0 fully saturated rings. The lowest BCUT2D eigenvalue weighted by atomic mass is 10.1. The van der Waals surface area contributed by atoms with Crippen molar-refractivity contribution in [3.63, 3.8) is 0 Å². The van der Waals surface area contributed by atoms with Crippen LogP contribution in [0.15, 0.2) is 10.7 Å². The van der Waals surface area contributed by atoms with Crippen molar-refractivity contribution >= 4 is 17.5 Å². The zero-order chi connectivity index (χ0) is 17.2. The molecule has 2 rings (SSSR count). The Morgan fingerprint density at radius 1 is 1.35 bits per heavy atom. The summed E-state index contributed by atoms with van der Waals surface area (Å²) in [5, 5.41) is 22.5. The third kappa shape index (κ3) is 6.47. The fraction of sp³-hybridized carbons (Fsp3) is 0.571. The molecular weight excluding hydrogens is 306 g/mol. The van der Waals surface area contributed by atoms with Crippen molar-refractivity contribution in [2.45, 2.75) is 26.2 Å². The maximum atomic E-state index is 9.10. The molecule has 23 heavy (non-hydrogen) atoms. The predicted molar refractivity (Wildman–Crippen MR) is 80.1 cm³/mol. The molecule has 128 valence electrons. The third-order valence-corrected chi connectivity index (χ3v) is 3.02. The van der Waals surface area contributed by atoms with Gasteiger partial charge in [0, 0.05) is 13.1 Å². The quantitative estimate of drug-likeness (QED) is 0.604. The van der Waals surface area contributed by atoms with Crippen LogP contribution >= 0.6 is 0 Å². The lowest BCUT2D eigenvalue weighted by Crippen LogP contribution is -2.25. The average Bonchev–Trinajstić information content (AvgIpc) is 2.96. The van der Waals surface area contributed by atoms with Crippen LogP contribution in [0, 0.1) is 0 Å². The van der Waals surface area contributed by atoms with Crippen molar-refractivity contribution in [1.82, 2.24) is 15.2 Å². The van der Waals surface area contributed by atoms with Crippen molar-refractivity contribution in [1.29, 1.82) is 0 Å². The van der Waals surface area contributed by atoms with Gasteiger partial charge >= 0.3 is 11.9 Å². The summed E-state index contributed by atoms with van der Waals surface area (Å²) in [6.45, 7) is 4.75. The highest BCUT2D eigenvalue weighted by Crippen LogP contribution is 2.25. The smallest absolute Gasteiger partial charge is 0.414 e. The first-order valence-corrected chi connectivity index (χ1v) is 7.25. The van der Waals surface area contributed by atoms with Gasteiger partial charge in [0.1, 0.15) is 0 Å². The molecular formula is C14H21N3O6. The van der Waals surface area contributed by atoms with E-state index in [9.17, 15) is 0 Å². The summed E-state index contributed by atoms with van der Waals surface area (Å²) < 4.78 is 10.4. The Bertz CT molecular complexity index is 542. The van der Waals surface area contributed by atoms with Crippen molar-refractivity contribution in [3.05, 3.63) is 11.8 Å². The summed E-state index contributed by atoms with van der Waals surface area (Å²) in [6.07, 6.45) is 5.34. The van der Waals surface area contributed by atoms with E-state index < -0.39 is 11.9 Å². The first kappa shape index (κ1) is 18.6. The lowest BCUT2D eigenvalue weighted by molar-refractivity contribution is -0.159. The average molecular weight is 327 g/mol. The predicted octanol–water partition coefficient (Wildman–Crippen LogP) is 1.12. The number of likely N-dealkylation sites (N-methyl/N-ethyl adjacent to an activating group) is 1. The molecule has 9 heteroatoms. The summed E-state index contributed by atoms with van der Waals surface area (Å²) in [5.74, 6) is -3.12. The van der Waals surface area contributed by atoms with Gasteiger partial charge < -0.3 is 19.8 Å². The lowest BCUT2D eigenvalue weighted by Gasteiger charge is -2.21. The second-order valence-electron chi connectivity index (χ2n) is 4.99. The van der Waals surface area contributed by atoms with Gasteiger partial charge in [-0.2, -0.15) is 0 Å². The van der Waals surface area contributed by atoms with Crippen LogP contribution in [0.2, 0.25) is 0 Å². The SMILES string of the molecule is CCCCOc1nonc1C1=CCCN(C)C1.O=C(O)C(=O)O. The second-order valence-corrected chi connectivity index (χ2v) is 4.99. The van der Waals surface area contributed by atoms with Crippen LogP contribution in [0.5, 0.6) is 5.88 Å². The van der Waals surface area contributed by atoms with E-state index in [1.807, 2.05) is 0 Å². The van der Waals surface area contributed by atoms with E-state index >= 15 is 0 Å². The molecule has 1 aromatic rings. The molecule has 2 heterocycles. The maximum Gasteiger partial charge on any atom is 0.414 e. The topological polar surface area (TPSA) is 126 Å². The van der Waals surface area contributed by atoms with E-state index in [0.29, 0.717) is 12.5 Å². The Morgan fingerprint density at radius 3 is 2.61 bits per heavy atom. The highest BCUT2D eigenvalue weighted by Gasteiger charge is 2.19. The molecule has 0 aliphatic carbocycles. The Kier molecular flexibility index (Phi) is 7.75. The van der Waals surface area contributed by atoms with Crippen molar-refractivity contribution in [3.8, 4) is 5.88 Å². The van der Waals surface area contributed by atoms with E-state index in [1.165, 1.54) is 0 Å². The van der Waals surface area contributed by atoms with Gasteiger partial charge in [-0.05, 0) is 35.8 Å². The number of hydrogen-bond acceptors (Lipinski definition) is 7. The van der Waals surface area contributed by atoms with Crippen LogP contribution in [0.3, 0.4) is 0 Å². The molecule has 1 aliphatic rings. The molecule has 2 N–H and O–H groups in total. The van der Waals surface area contributed by atoms with Crippen LogP contribution in [-0.2, 0) is 9.59 Å². The van der Waals surface area contributed by atoms with E-state index in [0.717, 1.165) is 43.6 Å². The molecule has 0 amide bonds. The number of carbonyl (C=O) groups is 2. The monoisotopic (exact) mass is 327 g/mol. The van der Waals surface area contributed by atoms with Crippen LogP contribution < -0.4 is 4.74 Å². The van der Waals surface area contributed by atoms with E-state index in [4.69, 9.17) is 29.2 Å². The number of nitrogens with zero attached hydrogens (tertiary/aromatic N) is 3. The van der Waals surface area contributed by atoms with Gasteiger partial charge in [-0.15, -0.1) is 0 Å². The number of aliphatic carboxylic acids is 2. The minimum atomic E-state index is -1.82. The molecule has 0 saturated heterocycles. The zero-order valence-electron chi connectivity index (χ0n) is 13.2. The largest absolute Gasteiger partial charge is 0.474 e. The highest BCUT2D eigenvalue weighted by molar-refractivity contribution is 6.27. The highest BCUT2D eigenvalue weighted by atomic mass is 16.6. The molecule has 0 atom stereocenters. The van der Waals surface area contributed by atoms with Crippen LogP contribution in [0.4, 0.5) is 0 Å². The van der Waals surface area contributed by atoms with Gasteiger partial charge in [-0.1, -0.05) is 19.4 Å². The molecule has 0 saturated carbocycles. The maximum absolute atomic E-state index is 9.10. The summed E-state index contributed by atoms with van der Waals surface area (Å²) >= 11 is 0. The van der Waals surface area contributed by atoms with E-state index in [1.54, 1.807) is 0 Å². The van der Waals surface area contributed by atoms with Gasteiger partial charge in [-0.3, -0.25) is 0 Å². The van der Waals surface area contributed by atoms with Crippen molar-refractivity contribution in [2.75, 3.05) is 26.7 Å². The fourth-order valence-electron chi connectivity index (χ4n) is 1.85. The van der Waals surface area contributed by atoms with E-state index in [-0.39, 0.29) is 0 Å². The number of hydrogen-bond donors (Lipinski definition) is 2. The molecule has 0 aromatic carbocycles. The van der Waals surface area contributed by atoms with Gasteiger partial charge in [0.25, 0.3) is 5.88 Å². The van der Waals surface area contributed by atoms with Gasteiger partial charge in [-0.25, -0.2) is 14.2 Å². The minimum absolute atomic E-state index is 0.528. The summed E-state index contributed by atoms with van der Waals surface area (Å²) in [7, 11) is 2.10. The zero-order valence-corrected chi connectivity index (χ0v) is 13.2. The Hall–Kier alpha value is -2.42. The summed E-state index contributed by atoms with van der Waals surface area (Å²) in [5.41, 5.74) is 1.90. The number of rotatable bonds is 5. The van der Waals surface area contributed by atoms with Crippen LogP contribution in [0.1, 0.15) is 31.9 Å². The number of unbranched alkanes of at least 4 members (excludes halogenated alkanes) is 1. The van der Waals surface area contributed by atoms with Gasteiger partial charge in [0.2, 0.25) is 0 Å². The third-order valence-electron chi connectivity index (χ3n) is 3.02. The normalized spacial score (nSPS) is 14.4. The number of aromatic nitrogens is 2. The first-order valence-electron chi connectivity index (χ1n) is 7.25. The molecule has 0 radical (unpaired) electrons. The summed E-state index contributed by atoms with van der Waals surface area (Å²) in [4.78, 5) is 20.4. The van der Waals surface area contributed by atoms with Crippen molar-refractivity contribution in [2.24, 2.45) is 0 Å². The Morgan fingerprint density at radius 2 is 2.04 bits per heavy atom. The Balaban J connectivity index is 0.000000379.